The zero-order valence-corrected chi connectivity index (χ0v) is 20.7. The molecule has 3 heterocycles. The molecule has 1 atom stereocenters. The number of phenolic OH excluding ortho intramolecular Hbond substituents is 1. The van der Waals surface area contributed by atoms with Gasteiger partial charge in [-0.3, -0.25) is 9.69 Å². The van der Waals surface area contributed by atoms with Gasteiger partial charge in [0.15, 0.2) is 5.69 Å². The van der Waals surface area contributed by atoms with Crippen LogP contribution in [-0.2, 0) is 6.54 Å². The second-order valence-corrected chi connectivity index (χ2v) is 9.33. The summed E-state index contributed by atoms with van der Waals surface area (Å²) in [5, 5.41) is 29.4. The Labute approximate surface area is 205 Å². The number of rotatable bonds is 6. The van der Waals surface area contributed by atoms with Gasteiger partial charge in [0, 0.05) is 12.6 Å². The molecule has 1 aliphatic heterocycles. The van der Waals surface area contributed by atoms with E-state index in [9.17, 15) is 9.90 Å². The molecule has 0 radical (unpaired) electrons. The van der Waals surface area contributed by atoms with Gasteiger partial charge in [0.1, 0.15) is 5.75 Å². The molecule has 3 aromatic rings. The summed E-state index contributed by atoms with van der Waals surface area (Å²) in [6.45, 7) is 3.46. The highest BCUT2D eigenvalue weighted by atomic mass is 79.9. The zero-order chi connectivity index (χ0) is 23.5. The minimum Gasteiger partial charge on any atom is -0.506 e. The van der Waals surface area contributed by atoms with Crippen LogP contribution in [0.15, 0.2) is 30.8 Å². The lowest BCUT2D eigenvalue weighted by atomic mass is 10.0. The molecule has 0 unspecified atom stereocenters. The topological polar surface area (TPSA) is 161 Å². The van der Waals surface area contributed by atoms with E-state index in [0.717, 1.165) is 19.4 Å². The van der Waals surface area contributed by atoms with Gasteiger partial charge in [-0.1, -0.05) is 11.6 Å². The Hall–Kier alpha value is -2.84. The van der Waals surface area contributed by atoms with Crippen LogP contribution in [0.3, 0.4) is 0 Å². The SMILES string of the molecule is C[C@@H]1CCCCN1Cc1c(C(=O)N/N=C/c2cc(Br)c(O)c(Br)c2)nnn1-c1nonc1N. The predicted molar refractivity (Wildman–Crippen MR) is 126 cm³/mol. The average molecular weight is 583 g/mol. The van der Waals surface area contributed by atoms with Gasteiger partial charge in [-0.2, -0.15) is 9.78 Å². The summed E-state index contributed by atoms with van der Waals surface area (Å²) in [5.41, 5.74) is 9.58. The van der Waals surface area contributed by atoms with E-state index in [2.05, 4.69) is 74.8 Å². The summed E-state index contributed by atoms with van der Waals surface area (Å²) in [5.74, 6) is -0.250. The first kappa shape index (κ1) is 23.3. The molecule has 2 aromatic heterocycles. The molecular weight excluding hydrogens is 562 g/mol. The number of nitrogens with two attached hydrogens (primary N) is 1. The summed E-state index contributed by atoms with van der Waals surface area (Å²) < 4.78 is 7.06. The molecule has 33 heavy (non-hydrogen) atoms. The number of nitrogens with one attached hydrogen (secondary N) is 1. The summed E-state index contributed by atoms with van der Waals surface area (Å²) in [6.07, 6.45) is 4.76. The molecule has 1 aliphatic rings. The minimum atomic E-state index is -0.538. The Morgan fingerprint density at radius 3 is 2.79 bits per heavy atom. The van der Waals surface area contributed by atoms with Gasteiger partial charge in [0.05, 0.1) is 20.9 Å². The number of likely N-dealkylation sites (tertiary alicyclic amines) is 1. The third-order valence-corrected chi connectivity index (χ3v) is 6.60. The van der Waals surface area contributed by atoms with Gasteiger partial charge in [-0.15, -0.1) is 5.10 Å². The normalized spacial score (nSPS) is 17.0. The Balaban J connectivity index is 1.59. The molecule has 0 spiro atoms. The molecule has 1 saturated heterocycles. The minimum absolute atomic E-state index is 0.0429. The van der Waals surface area contributed by atoms with Crippen LogP contribution in [0.1, 0.15) is 47.9 Å². The van der Waals surface area contributed by atoms with Crippen molar-refractivity contribution >= 4 is 49.8 Å². The van der Waals surface area contributed by atoms with Crippen molar-refractivity contribution < 1.29 is 14.5 Å². The van der Waals surface area contributed by atoms with Crippen LogP contribution in [0.5, 0.6) is 5.75 Å². The van der Waals surface area contributed by atoms with Crippen LogP contribution in [0.4, 0.5) is 5.82 Å². The first-order valence-electron chi connectivity index (χ1n) is 10.1. The average Bonchev–Trinajstić information content (AvgIpc) is 3.39. The van der Waals surface area contributed by atoms with Gasteiger partial charge in [0.25, 0.3) is 5.91 Å². The Morgan fingerprint density at radius 2 is 2.12 bits per heavy atom. The number of phenols is 1. The predicted octanol–water partition coefficient (Wildman–Crippen LogP) is 2.60. The number of nitrogens with zero attached hydrogens (tertiary/aromatic N) is 7. The van der Waals surface area contributed by atoms with Gasteiger partial charge < -0.3 is 10.8 Å². The molecule has 1 aromatic carbocycles. The number of carbonyl (C=O) groups excluding carboxylic acids is 1. The van der Waals surface area contributed by atoms with E-state index in [1.165, 1.54) is 17.3 Å². The van der Waals surface area contributed by atoms with E-state index in [-0.39, 0.29) is 23.1 Å². The van der Waals surface area contributed by atoms with Crippen molar-refractivity contribution in [1.82, 2.24) is 35.6 Å². The molecule has 0 bridgehead atoms. The molecular formula is C19H21Br2N9O3. The highest BCUT2D eigenvalue weighted by molar-refractivity contribution is 9.11. The van der Waals surface area contributed by atoms with Crippen molar-refractivity contribution in [2.75, 3.05) is 12.3 Å². The van der Waals surface area contributed by atoms with Crippen molar-refractivity contribution in [3.8, 4) is 11.6 Å². The number of carbonyl (C=O) groups is 1. The highest BCUT2D eigenvalue weighted by Crippen LogP contribution is 2.32. The van der Waals surface area contributed by atoms with Crippen LogP contribution < -0.4 is 11.2 Å². The first-order valence-corrected chi connectivity index (χ1v) is 11.7. The van der Waals surface area contributed by atoms with Crippen molar-refractivity contribution in [3.05, 3.63) is 38.0 Å². The summed E-state index contributed by atoms with van der Waals surface area (Å²) in [4.78, 5) is 15.2. The Kier molecular flexibility index (Phi) is 7.05. The molecule has 12 nitrogen and oxygen atoms in total. The number of anilines is 1. The largest absolute Gasteiger partial charge is 0.506 e. The van der Waals surface area contributed by atoms with Crippen LogP contribution in [-0.4, -0.2) is 60.0 Å². The fourth-order valence-corrected chi connectivity index (χ4v) is 4.81. The van der Waals surface area contributed by atoms with E-state index < -0.39 is 5.91 Å². The number of nitrogen functional groups attached to an aromatic ring is 1. The summed E-state index contributed by atoms with van der Waals surface area (Å²) in [7, 11) is 0. The van der Waals surface area contributed by atoms with E-state index in [1.807, 2.05) is 0 Å². The Bertz CT molecular complexity index is 1170. The summed E-state index contributed by atoms with van der Waals surface area (Å²) in [6, 6.07) is 3.67. The second-order valence-electron chi connectivity index (χ2n) is 7.62. The number of hydrogen-bond donors (Lipinski definition) is 3. The zero-order valence-electron chi connectivity index (χ0n) is 17.6. The van der Waals surface area contributed by atoms with Gasteiger partial charge >= 0.3 is 0 Å². The van der Waals surface area contributed by atoms with Crippen LogP contribution >= 0.6 is 31.9 Å². The molecule has 0 aliphatic carbocycles. The lowest BCUT2D eigenvalue weighted by Gasteiger charge is -2.33. The number of hydrazone groups is 1. The van der Waals surface area contributed by atoms with Gasteiger partial charge in [0.2, 0.25) is 11.6 Å². The molecule has 4 N–H and O–H groups in total. The Morgan fingerprint density at radius 1 is 1.36 bits per heavy atom. The number of aromatic nitrogens is 5. The molecule has 1 fully saturated rings. The van der Waals surface area contributed by atoms with Crippen LogP contribution in [0.2, 0.25) is 0 Å². The quantitative estimate of drug-likeness (QED) is 0.293. The number of benzene rings is 1. The standard InChI is InChI=1S/C19H21Br2N9O3/c1-10-4-2-3-5-29(10)9-14-15(24-28-30(14)18-17(22)26-33-27-18)19(32)25-23-8-11-6-12(20)16(31)13(21)7-11/h6-8,10,31H,2-5,9H2,1H3,(H2,22,26)(H,25,32)/b23-8+/t10-/m1/s1. The van der Waals surface area contributed by atoms with Gasteiger partial charge in [-0.05, 0) is 86.2 Å². The van der Waals surface area contributed by atoms with Crippen molar-refractivity contribution in [1.29, 1.82) is 0 Å². The molecule has 4 rings (SSSR count). The van der Waals surface area contributed by atoms with Gasteiger partial charge in [-0.25, -0.2) is 10.1 Å². The third kappa shape index (κ3) is 5.07. The molecule has 174 valence electrons. The lowest BCUT2D eigenvalue weighted by Crippen LogP contribution is -2.38. The maximum Gasteiger partial charge on any atom is 0.293 e. The second kappa shape index (κ2) is 9.97. The van der Waals surface area contributed by atoms with E-state index in [1.54, 1.807) is 12.1 Å². The number of hydrogen-bond acceptors (Lipinski definition) is 10. The third-order valence-electron chi connectivity index (χ3n) is 5.39. The maximum atomic E-state index is 12.9. The fraction of sp³-hybridized carbons (Fsp3) is 0.368. The fourth-order valence-electron chi connectivity index (χ4n) is 3.59. The van der Waals surface area contributed by atoms with Crippen LogP contribution in [0, 0.1) is 0 Å². The smallest absolute Gasteiger partial charge is 0.293 e. The monoisotopic (exact) mass is 581 g/mol. The summed E-state index contributed by atoms with van der Waals surface area (Å²) >= 11 is 6.52. The van der Waals surface area contributed by atoms with Crippen molar-refractivity contribution in [3.63, 3.8) is 0 Å². The van der Waals surface area contributed by atoms with Crippen molar-refractivity contribution in [2.24, 2.45) is 5.10 Å². The first-order chi connectivity index (χ1) is 15.8. The number of piperidine rings is 1. The number of aromatic hydroxyl groups is 1. The number of halogens is 2. The van der Waals surface area contributed by atoms with Crippen molar-refractivity contribution in [2.45, 2.75) is 38.8 Å². The molecule has 0 saturated carbocycles. The maximum absolute atomic E-state index is 12.9. The van der Waals surface area contributed by atoms with Crippen LogP contribution in [0.25, 0.3) is 5.82 Å². The lowest BCUT2D eigenvalue weighted by molar-refractivity contribution is 0.0945. The van der Waals surface area contributed by atoms with E-state index >= 15 is 0 Å². The number of amides is 1. The molecule has 14 heteroatoms. The molecule has 1 amide bonds. The highest BCUT2D eigenvalue weighted by Gasteiger charge is 2.28. The van der Waals surface area contributed by atoms with E-state index in [0.29, 0.717) is 32.8 Å². The van der Waals surface area contributed by atoms with E-state index in [4.69, 9.17) is 10.4 Å².